The number of para-hydroxylation sites is 1. The Kier molecular flexibility index (Phi) is 5.96. The Balaban J connectivity index is 1.41. The van der Waals surface area contributed by atoms with E-state index in [1.807, 2.05) is 31.2 Å². The molecule has 0 saturated heterocycles. The summed E-state index contributed by atoms with van der Waals surface area (Å²) in [7, 11) is 1.56. The maximum atomic E-state index is 12.7. The number of carbonyl (C=O) groups excluding carboxylic acids is 1. The van der Waals surface area contributed by atoms with E-state index >= 15 is 0 Å². The van der Waals surface area contributed by atoms with Crippen molar-refractivity contribution in [2.45, 2.75) is 23.4 Å². The first kappa shape index (κ1) is 19.7. The summed E-state index contributed by atoms with van der Waals surface area (Å²) < 4.78 is 12.1. The van der Waals surface area contributed by atoms with E-state index in [0.29, 0.717) is 23.8 Å². The number of methoxy groups -OCH3 is 1. The smallest absolute Gasteiger partial charge is 0.264 e. The second-order valence-corrected chi connectivity index (χ2v) is 8.82. The van der Waals surface area contributed by atoms with Crippen LogP contribution in [0.25, 0.3) is 0 Å². The molecular formula is C20H20N4O3S2. The molecule has 1 amide bonds. The molecule has 1 aromatic carbocycles. The van der Waals surface area contributed by atoms with Gasteiger partial charge in [0.25, 0.3) is 5.91 Å². The summed E-state index contributed by atoms with van der Waals surface area (Å²) in [5, 5.41) is 9.06. The number of ether oxygens (including phenoxy) is 2. The predicted molar refractivity (Wildman–Crippen MR) is 113 cm³/mol. The quantitative estimate of drug-likeness (QED) is 0.533. The highest BCUT2D eigenvalue weighted by Gasteiger charge is 2.24. The molecular weight excluding hydrogens is 408 g/mol. The van der Waals surface area contributed by atoms with Crippen LogP contribution in [0, 0.1) is 6.92 Å². The molecule has 0 unspecified atom stereocenters. The van der Waals surface area contributed by atoms with Crippen molar-refractivity contribution in [2.24, 2.45) is 0 Å². The van der Waals surface area contributed by atoms with Gasteiger partial charge in [-0.3, -0.25) is 9.78 Å². The fourth-order valence-electron chi connectivity index (χ4n) is 3.10. The van der Waals surface area contributed by atoms with E-state index in [2.05, 4.69) is 21.2 Å². The number of aromatic nitrogens is 3. The van der Waals surface area contributed by atoms with Gasteiger partial charge in [0.05, 0.1) is 19.0 Å². The van der Waals surface area contributed by atoms with Gasteiger partial charge < -0.3 is 14.4 Å². The van der Waals surface area contributed by atoms with Crippen molar-refractivity contribution in [3.63, 3.8) is 0 Å². The van der Waals surface area contributed by atoms with Gasteiger partial charge in [0.1, 0.15) is 5.01 Å². The van der Waals surface area contributed by atoms with E-state index in [-0.39, 0.29) is 12.5 Å². The zero-order chi connectivity index (χ0) is 20.2. The zero-order valence-electron chi connectivity index (χ0n) is 16.1. The summed E-state index contributed by atoms with van der Waals surface area (Å²) in [4.78, 5) is 18.9. The Morgan fingerprint density at radius 3 is 2.93 bits per heavy atom. The molecule has 0 fully saturated rings. The molecule has 0 spiro atoms. The molecule has 4 rings (SSSR count). The standard InChI is InChI=1S/C20H20N4O3S2/c1-13-22-23-20(29-13)28-12-15-9-17(18(26-2)10-21-15)27-11-19(25)24-8-7-14-5-3-4-6-16(14)24/h3-6,9-10H,7-8,11-12H2,1-2H3. The first-order valence-corrected chi connectivity index (χ1v) is 10.9. The number of thioether (sulfide) groups is 1. The fourth-order valence-corrected chi connectivity index (χ4v) is 4.82. The Morgan fingerprint density at radius 2 is 2.14 bits per heavy atom. The molecule has 0 radical (unpaired) electrons. The zero-order valence-corrected chi connectivity index (χ0v) is 17.8. The number of carbonyl (C=O) groups is 1. The molecule has 150 valence electrons. The van der Waals surface area contributed by atoms with Crippen LogP contribution in [0.3, 0.4) is 0 Å². The van der Waals surface area contributed by atoms with Crippen LogP contribution in [0.1, 0.15) is 16.3 Å². The molecule has 3 heterocycles. The first-order valence-electron chi connectivity index (χ1n) is 9.11. The summed E-state index contributed by atoms with van der Waals surface area (Å²) in [5.41, 5.74) is 2.97. The highest BCUT2D eigenvalue weighted by Crippen LogP contribution is 2.31. The molecule has 9 heteroatoms. The minimum absolute atomic E-state index is 0.0586. The average Bonchev–Trinajstić information content (AvgIpc) is 3.36. The van der Waals surface area contributed by atoms with Crippen molar-refractivity contribution in [3.8, 4) is 11.5 Å². The molecule has 0 N–H and O–H groups in total. The van der Waals surface area contributed by atoms with Crippen molar-refractivity contribution < 1.29 is 14.3 Å². The molecule has 0 saturated carbocycles. The third-order valence-electron chi connectivity index (χ3n) is 4.50. The van der Waals surface area contributed by atoms with Gasteiger partial charge in [-0.1, -0.05) is 41.3 Å². The van der Waals surface area contributed by atoms with Crippen LogP contribution in [-0.4, -0.2) is 41.3 Å². The van der Waals surface area contributed by atoms with Gasteiger partial charge in [-0.05, 0) is 25.0 Å². The highest BCUT2D eigenvalue weighted by atomic mass is 32.2. The van der Waals surface area contributed by atoms with Gasteiger partial charge in [0.15, 0.2) is 22.4 Å². The number of hydrogen-bond donors (Lipinski definition) is 0. The Labute approximate surface area is 177 Å². The third-order valence-corrected chi connectivity index (χ3v) is 6.50. The number of aryl methyl sites for hydroxylation is 1. The Bertz CT molecular complexity index is 1020. The summed E-state index contributed by atoms with van der Waals surface area (Å²) in [5.74, 6) is 1.56. The lowest BCUT2D eigenvalue weighted by atomic mass is 10.2. The molecule has 3 aromatic rings. The largest absolute Gasteiger partial charge is 0.491 e. The van der Waals surface area contributed by atoms with Gasteiger partial charge in [-0.15, -0.1) is 10.2 Å². The lowest BCUT2D eigenvalue weighted by Gasteiger charge is -2.18. The monoisotopic (exact) mass is 428 g/mol. The maximum absolute atomic E-state index is 12.7. The number of hydrogen-bond acceptors (Lipinski definition) is 8. The Hall–Kier alpha value is -2.65. The van der Waals surface area contributed by atoms with Crippen LogP contribution < -0.4 is 14.4 Å². The van der Waals surface area contributed by atoms with E-state index in [9.17, 15) is 4.79 Å². The summed E-state index contributed by atoms with van der Waals surface area (Å²) >= 11 is 3.11. The molecule has 29 heavy (non-hydrogen) atoms. The van der Waals surface area contributed by atoms with Gasteiger partial charge >= 0.3 is 0 Å². The van der Waals surface area contributed by atoms with E-state index in [4.69, 9.17) is 9.47 Å². The van der Waals surface area contributed by atoms with Crippen molar-refractivity contribution in [1.82, 2.24) is 15.2 Å². The average molecular weight is 429 g/mol. The molecule has 0 atom stereocenters. The summed E-state index contributed by atoms with van der Waals surface area (Å²) in [6.07, 6.45) is 2.49. The topological polar surface area (TPSA) is 77.4 Å². The second kappa shape index (κ2) is 8.79. The van der Waals surface area contributed by atoms with Crippen LogP contribution in [-0.2, 0) is 17.0 Å². The number of fused-ring (bicyclic) bond motifs is 1. The number of rotatable bonds is 7. The number of nitrogens with zero attached hydrogens (tertiary/aromatic N) is 4. The van der Waals surface area contributed by atoms with Gasteiger partial charge in [0.2, 0.25) is 0 Å². The molecule has 0 bridgehead atoms. The maximum Gasteiger partial charge on any atom is 0.264 e. The van der Waals surface area contributed by atoms with Crippen LogP contribution in [0.5, 0.6) is 11.5 Å². The number of anilines is 1. The summed E-state index contributed by atoms with van der Waals surface area (Å²) in [6.45, 7) is 2.55. The molecule has 1 aliphatic heterocycles. The van der Waals surface area contributed by atoms with E-state index in [0.717, 1.165) is 27.1 Å². The van der Waals surface area contributed by atoms with Crippen molar-refractivity contribution in [1.29, 1.82) is 0 Å². The van der Waals surface area contributed by atoms with Crippen LogP contribution in [0.4, 0.5) is 5.69 Å². The van der Waals surface area contributed by atoms with Crippen LogP contribution in [0.2, 0.25) is 0 Å². The minimum atomic E-state index is -0.0749. The normalized spacial score (nSPS) is 12.7. The lowest BCUT2D eigenvalue weighted by molar-refractivity contribution is -0.120. The third kappa shape index (κ3) is 4.51. The summed E-state index contributed by atoms with van der Waals surface area (Å²) in [6, 6.07) is 9.77. The number of pyridine rings is 1. The molecule has 2 aromatic heterocycles. The van der Waals surface area contributed by atoms with Gasteiger partial charge in [-0.25, -0.2) is 0 Å². The van der Waals surface area contributed by atoms with E-state index < -0.39 is 0 Å². The van der Waals surface area contributed by atoms with Crippen molar-refractivity contribution in [3.05, 3.63) is 52.8 Å². The van der Waals surface area contributed by atoms with Gasteiger partial charge in [-0.2, -0.15) is 0 Å². The lowest BCUT2D eigenvalue weighted by Crippen LogP contribution is -2.33. The van der Waals surface area contributed by atoms with Crippen LogP contribution >= 0.6 is 23.1 Å². The molecule has 1 aliphatic rings. The number of amides is 1. The fraction of sp³-hybridized carbons (Fsp3) is 0.300. The van der Waals surface area contributed by atoms with E-state index in [1.165, 1.54) is 5.56 Å². The van der Waals surface area contributed by atoms with E-state index in [1.54, 1.807) is 41.3 Å². The Morgan fingerprint density at radius 1 is 1.28 bits per heavy atom. The highest BCUT2D eigenvalue weighted by molar-refractivity contribution is 8.00. The van der Waals surface area contributed by atoms with Gasteiger partial charge in [0, 0.05) is 24.1 Å². The SMILES string of the molecule is COc1cnc(CSc2nnc(C)s2)cc1OCC(=O)N1CCc2ccccc21. The van der Waals surface area contributed by atoms with Crippen LogP contribution in [0.15, 0.2) is 40.9 Å². The molecule has 7 nitrogen and oxygen atoms in total. The number of benzene rings is 1. The minimum Gasteiger partial charge on any atom is -0.491 e. The first-order chi connectivity index (χ1) is 14.1. The van der Waals surface area contributed by atoms with Crippen molar-refractivity contribution >= 4 is 34.7 Å². The molecule has 0 aliphatic carbocycles. The van der Waals surface area contributed by atoms with Crippen molar-refractivity contribution in [2.75, 3.05) is 25.2 Å². The second-order valence-electron chi connectivity index (χ2n) is 6.41. The predicted octanol–water partition coefficient (Wildman–Crippen LogP) is 3.51.